The SMILES string of the molecule is Cc1ccc(C#N)c(NC(C)c2ccccc2)c1. The third-order valence-corrected chi connectivity index (χ3v) is 2.97. The fraction of sp³-hybridized carbons (Fsp3) is 0.188. The van der Waals surface area contributed by atoms with Crippen LogP contribution in [0.4, 0.5) is 5.69 Å². The second-order valence-corrected chi connectivity index (χ2v) is 4.44. The summed E-state index contributed by atoms with van der Waals surface area (Å²) >= 11 is 0. The summed E-state index contributed by atoms with van der Waals surface area (Å²) in [6, 6.07) is 18.4. The molecule has 18 heavy (non-hydrogen) atoms. The van der Waals surface area contributed by atoms with Gasteiger partial charge in [0, 0.05) is 6.04 Å². The van der Waals surface area contributed by atoms with E-state index in [1.807, 2.05) is 43.3 Å². The predicted octanol–water partition coefficient (Wildman–Crippen LogP) is 4.04. The Morgan fingerprint density at radius 3 is 2.50 bits per heavy atom. The molecule has 2 heteroatoms. The lowest BCUT2D eigenvalue weighted by atomic mass is 10.1. The van der Waals surface area contributed by atoms with Crippen LogP contribution < -0.4 is 5.32 Å². The lowest BCUT2D eigenvalue weighted by Gasteiger charge is -2.17. The molecule has 0 bridgehead atoms. The number of nitriles is 1. The molecule has 0 fully saturated rings. The summed E-state index contributed by atoms with van der Waals surface area (Å²) in [5.74, 6) is 0. The summed E-state index contributed by atoms with van der Waals surface area (Å²) in [4.78, 5) is 0. The molecule has 2 nitrogen and oxygen atoms in total. The molecule has 0 amide bonds. The Hall–Kier alpha value is -2.27. The molecule has 0 aromatic heterocycles. The van der Waals surface area contributed by atoms with Gasteiger partial charge in [-0.3, -0.25) is 0 Å². The first-order valence-corrected chi connectivity index (χ1v) is 6.03. The van der Waals surface area contributed by atoms with Gasteiger partial charge in [-0.05, 0) is 37.1 Å². The Bertz CT molecular complexity index is 567. The van der Waals surface area contributed by atoms with Crippen LogP contribution in [0.3, 0.4) is 0 Å². The monoisotopic (exact) mass is 236 g/mol. The van der Waals surface area contributed by atoms with Crippen LogP contribution in [-0.2, 0) is 0 Å². The normalized spacial score (nSPS) is 11.6. The van der Waals surface area contributed by atoms with Gasteiger partial charge in [0.05, 0.1) is 11.3 Å². The quantitative estimate of drug-likeness (QED) is 0.873. The van der Waals surface area contributed by atoms with E-state index in [4.69, 9.17) is 5.26 Å². The molecule has 2 aromatic carbocycles. The molecule has 1 N–H and O–H groups in total. The number of nitrogens with zero attached hydrogens (tertiary/aromatic N) is 1. The minimum absolute atomic E-state index is 0.181. The number of hydrogen-bond acceptors (Lipinski definition) is 2. The standard InChI is InChI=1S/C16H16N2/c1-12-8-9-15(11-17)16(10-12)18-13(2)14-6-4-3-5-7-14/h3-10,13,18H,1-2H3. The van der Waals surface area contributed by atoms with Gasteiger partial charge in [0.15, 0.2) is 0 Å². The van der Waals surface area contributed by atoms with Crippen LogP contribution in [0.1, 0.15) is 29.7 Å². The zero-order valence-electron chi connectivity index (χ0n) is 10.6. The van der Waals surface area contributed by atoms with E-state index in [1.54, 1.807) is 0 Å². The molecular weight excluding hydrogens is 220 g/mol. The van der Waals surface area contributed by atoms with E-state index in [-0.39, 0.29) is 6.04 Å². The van der Waals surface area contributed by atoms with Crippen LogP contribution in [0, 0.1) is 18.3 Å². The molecule has 1 unspecified atom stereocenters. The molecule has 0 aliphatic heterocycles. The highest BCUT2D eigenvalue weighted by Crippen LogP contribution is 2.23. The topological polar surface area (TPSA) is 35.8 Å². The minimum Gasteiger partial charge on any atom is -0.377 e. The van der Waals surface area contributed by atoms with Gasteiger partial charge in [-0.2, -0.15) is 5.26 Å². The summed E-state index contributed by atoms with van der Waals surface area (Å²) < 4.78 is 0. The second-order valence-electron chi connectivity index (χ2n) is 4.44. The van der Waals surface area contributed by atoms with E-state index < -0.39 is 0 Å². The third kappa shape index (κ3) is 2.70. The van der Waals surface area contributed by atoms with Gasteiger partial charge in [0.1, 0.15) is 6.07 Å². The fourth-order valence-corrected chi connectivity index (χ4v) is 1.93. The van der Waals surface area contributed by atoms with Crippen LogP contribution in [0.5, 0.6) is 0 Å². The van der Waals surface area contributed by atoms with Gasteiger partial charge in [0.25, 0.3) is 0 Å². The van der Waals surface area contributed by atoms with E-state index in [2.05, 4.69) is 30.4 Å². The van der Waals surface area contributed by atoms with E-state index in [0.29, 0.717) is 5.56 Å². The van der Waals surface area contributed by atoms with Crippen molar-refractivity contribution in [1.29, 1.82) is 5.26 Å². The maximum atomic E-state index is 9.10. The molecular formula is C16H16N2. The number of hydrogen-bond donors (Lipinski definition) is 1. The van der Waals surface area contributed by atoms with Crippen molar-refractivity contribution in [3.8, 4) is 6.07 Å². The van der Waals surface area contributed by atoms with Gasteiger partial charge in [-0.15, -0.1) is 0 Å². The molecule has 0 heterocycles. The number of nitrogens with one attached hydrogen (secondary N) is 1. The summed E-state index contributed by atoms with van der Waals surface area (Å²) in [6.45, 7) is 4.12. The minimum atomic E-state index is 0.181. The first-order chi connectivity index (χ1) is 8.70. The van der Waals surface area contributed by atoms with Gasteiger partial charge >= 0.3 is 0 Å². The highest BCUT2D eigenvalue weighted by molar-refractivity contribution is 5.59. The van der Waals surface area contributed by atoms with Crippen LogP contribution in [0.2, 0.25) is 0 Å². The highest BCUT2D eigenvalue weighted by atomic mass is 14.9. The molecule has 0 spiro atoms. The number of anilines is 1. The smallest absolute Gasteiger partial charge is 0.101 e. The van der Waals surface area contributed by atoms with Crippen LogP contribution >= 0.6 is 0 Å². The molecule has 1 atom stereocenters. The maximum absolute atomic E-state index is 9.10. The Balaban J connectivity index is 2.24. The van der Waals surface area contributed by atoms with Crippen molar-refractivity contribution < 1.29 is 0 Å². The van der Waals surface area contributed by atoms with E-state index in [1.165, 1.54) is 5.56 Å². The molecule has 2 aromatic rings. The summed E-state index contributed by atoms with van der Waals surface area (Å²) in [6.07, 6.45) is 0. The third-order valence-electron chi connectivity index (χ3n) is 2.97. The van der Waals surface area contributed by atoms with Gasteiger partial charge in [-0.25, -0.2) is 0 Å². The first-order valence-electron chi connectivity index (χ1n) is 6.03. The second kappa shape index (κ2) is 5.37. The molecule has 2 rings (SSSR count). The van der Waals surface area contributed by atoms with Crippen molar-refractivity contribution in [3.05, 3.63) is 65.2 Å². The van der Waals surface area contributed by atoms with Gasteiger partial charge in [0.2, 0.25) is 0 Å². The van der Waals surface area contributed by atoms with Gasteiger partial charge < -0.3 is 5.32 Å². The van der Waals surface area contributed by atoms with Crippen LogP contribution in [-0.4, -0.2) is 0 Å². The lowest BCUT2D eigenvalue weighted by Crippen LogP contribution is -2.07. The van der Waals surface area contributed by atoms with E-state index in [9.17, 15) is 0 Å². The summed E-state index contributed by atoms with van der Waals surface area (Å²) in [5, 5.41) is 12.5. The summed E-state index contributed by atoms with van der Waals surface area (Å²) in [7, 11) is 0. The fourth-order valence-electron chi connectivity index (χ4n) is 1.93. The highest BCUT2D eigenvalue weighted by Gasteiger charge is 2.08. The van der Waals surface area contributed by atoms with Crippen molar-refractivity contribution in [2.24, 2.45) is 0 Å². The van der Waals surface area contributed by atoms with Crippen molar-refractivity contribution in [2.75, 3.05) is 5.32 Å². The van der Waals surface area contributed by atoms with Crippen LogP contribution in [0.15, 0.2) is 48.5 Å². The average molecular weight is 236 g/mol. The van der Waals surface area contributed by atoms with Crippen molar-refractivity contribution in [2.45, 2.75) is 19.9 Å². The lowest BCUT2D eigenvalue weighted by molar-refractivity contribution is 0.883. The molecule has 0 aliphatic carbocycles. The number of aryl methyl sites for hydroxylation is 1. The predicted molar refractivity (Wildman–Crippen MR) is 74.4 cm³/mol. The number of rotatable bonds is 3. The Morgan fingerprint density at radius 1 is 1.11 bits per heavy atom. The largest absolute Gasteiger partial charge is 0.377 e. The molecule has 0 radical (unpaired) electrons. The molecule has 0 saturated heterocycles. The van der Waals surface area contributed by atoms with Crippen molar-refractivity contribution in [1.82, 2.24) is 0 Å². The molecule has 0 saturated carbocycles. The van der Waals surface area contributed by atoms with Crippen molar-refractivity contribution >= 4 is 5.69 Å². The first kappa shape index (κ1) is 12.2. The molecule has 0 aliphatic rings. The van der Waals surface area contributed by atoms with E-state index >= 15 is 0 Å². The van der Waals surface area contributed by atoms with Crippen molar-refractivity contribution in [3.63, 3.8) is 0 Å². The maximum Gasteiger partial charge on any atom is 0.101 e. The zero-order chi connectivity index (χ0) is 13.0. The Labute approximate surface area is 108 Å². The Morgan fingerprint density at radius 2 is 1.83 bits per heavy atom. The average Bonchev–Trinajstić information content (AvgIpc) is 2.40. The summed E-state index contributed by atoms with van der Waals surface area (Å²) in [5.41, 5.74) is 3.94. The molecule has 90 valence electrons. The van der Waals surface area contributed by atoms with Gasteiger partial charge in [-0.1, -0.05) is 36.4 Å². The zero-order valence-corrected chi connectivity index (χ0v) is 10.6. The number of benzene rings is 2. The van der Waals surface area contributed by atoms with E-state index in [0.717, 1.165) is 11.3 Å². The Kier molecular flexibility index (Phi) is 3.64. The van der Waals surface area contributed by atoms with Crippen LogP contribution in [0.25, 0.3) is 0 Å².